The summed E-state index contributed by atoms with van der Waals surface area (Å²) in [6.45, 7) is 0. The number of hydrogen-bond donors (Lipinski definition) is 0. The second kappa shape index (κ2) is 12.1. The first-order chi connectivity index (χ1) is 26.7. The summed E-state index contributed by atoms with van der Waals surface area (Å²) in [4.78, 5) is 10.4. The van der Waals surface area contributed by atoms with Gasteiger partial charge in [-0.15, -0.1) is 0 Å². The molecule has 4 heteroatoms. The fourth-order valence-corrected chi connectivity index (χ4v) is 7.70. The number of furan rings is 2. The average molecular weight is 691 g/mol. The third-order valence-electron chi connectivity index (χ3n) is 10.5. The van der Waals surface area contributed by atoms with Gasteiger partial charge in [-0.2, -0.15) is 0 Å². The van der Waals surface area contributed by atoms with E-state index < -0.39 is 0 Å². The number of nitrogens with zero attached hydrogens (tertiary/aromatic N) is 2. The first-order valence-corrected chi connectivity index (χ1v) is 18.1. The van der Waals surface area contributed by atoms with E-state index in [1.54, 1.807) is 0 Å². The summed E-state index contributed by atoms with van der Waals surface area (Å²) in [5.74, 6) is 1.49. The lowest BCUT2D eigenvalue weighted by molar-refractivity contribution is 0.631. The highest BCUT2D eigenvalue weighted by atomic mass is 16.3. The van der Waals surface area contributed by atoms with E-state index in [0.29, 0.717) is 5.82 Å². The Morgan fingerprint density at radius 3 is 1.67 bits per heavy atom. The normalized spacial score (nSPS) is 11.7. The molecule has 0 N–H and O–H groups in total. The van der Waals surface area contributed by atoms with Crippen LogP contribution in [-0.4, -0.2) is 9.97 Å². The van der Waals surface area contributed by atoms with Crippen LogP contribution in [0.3, 0.4) is 0 Å². The number of hydrogen-bond acceptors (Lipinski definition) is 4. The Morgan fingerprint density at radius 2 is 0.907 bits per heavy atom. The Labute approximate surface area is 310 Å². The van der Waals surface area contributed by atoms with Crippen molar-refractivity contribution in [2.45, 2.75) is 0 Å². The minimum atomic E-state index is 0.652. The van der Waals surface area contributed by atoms with E-state index in [4.69, 9.17) is 18.8 Å². The van der Waals surface area contributed by atoms with Crippen molar-refractivity contribution in [3.8, 4) is 56.4 Å². The first-order valence-electron chi connectivity index (χ1n) is 18.1. The van der Waals surface area contributed by atoms with Crippen molar-refractivity contribution in [3.63, 3.8) is 0 Å². The van der Waals surface area contributed by atoms with Crippen molar-refractivity contribution in [3.05, 3.63) is 182 Å². The highest BCUT2D eigenvalue weighted by molar-refractivity contribution is 6.11. The van der Waals surface area contributed by atoms with Gasteiger partial charge in [-0.3, -0.25) is 0 Å². The van der Waals surface area contributed by atoms with Crippen molar-refractivity contribution in [2.24, 2.45) is 0 Å². The third-order valence-corrected chi connectivity index (χ3v) is 10.5. The summed E-state index contributed by atoms with van der Waals surface area (Å²) in [7, 11) is 0. The molecule has 0 bridgehead atoms. The van der Waals surface area contributed by atoms with Gasteiger partial charge in [0, 0.05) is 38.4 Å². The molecule has 4 nitrogen and oxygen atoms in total. The Hall–Kier alpha value is -7.30. The van der Waals surface area contributed by atoms with Crippen LogP contribution in [0.2, 0.25) is 0 Å². The second-order valence-electron chi connectivity index (χ2n) is 13.8. The molecule has 0 saturated carbocycles. The molecule has 8 aromatic carbocycles. The Balaban J connectivity index is 1.03. The minimum Gasteiger partial charge on any atom is -0.456 e. The number of aromatic nitrogens is 2. The maximum Gasteiger partial charge on any atom is 0.160 e. The maximum absolute atomic E-state index is 6.33. The molecule has 0 unspecified atom stereocenters. The van der Waals surface area contributed by atoms with Gasteiger partial charge in [0.25, 0.3) is 0 Å². The fraction of sp³-hybridized carbons (Fsp3) is 0. The molecule has 0 spiro atoms. The van der Waals surface area contributed by atoms with Crippen LogP contribution in [0.25, 0.3) is 111 Å². The van der Waals surface area contributed by atoms with E-state index in [9.17, 15) is 0 Å². The predicted molar refractivity (Wildman–Crippen MR) is 221 cm³/mol. The lowest BCUT2D eigenvalue weighted by atomic mass is 9.97. The summed E-state index contributed by atoms with van der Waals surface area (Å²) in [6, 6.07) is 63.3. The van der Waals surface area contributed by atoms with E-state index in [1.165, 1.54) is 21.7 Å². The lowest BCUT2D eigenvalue weighted by Crippen LogP contribution is -1.96. The minimum absolute atomic E-state index is 0.652. The topological polar surface area (TPSA) is 52.1 Å². The Bertz CT molecular complexity index is 3170. The van der Waals surface area contributed by atoms with Crippen LogP contribution in [0.15, 0.2) is 191 Å². The standard InChI is InChI=1S/C50H30N2O2/c1-2-10-37-28-49-43(26-36(37)9-1)42-27-39(24-25-47(42)54-49)50-51-44(33-18-16-32(17-19-33)41-14-7-12-31-8-3-5-13-40(31)41)30-45(52-50)34-20-22-35(23-21-34)48-29-38-11-4-6-15-46(38)53-48/h1-30H. The van der Waals surface area contributed by atoms with Gasteiger partial charge in [0.2, 0.25) is 0 Å². The second-order valence-corrected chi connectivity index (χ2v) is 13.8. The van der Waals surface area contributed by atoms with E-state index in [2.05, 4.69) is 158 Å². The largest absolute Gasteiger partial charge is 0.456 e. The van der Waals surface area contributed by atoms with E-state index in [0.717, 1.165) is 83.3 Å². The average Bonchev–Trinajstić information content (AvgIpc) is 3.84. The molecular formula is C50H30N2O2. The van der Waals surface area contributed by atoms with Gasteiger partial charge < -0.3 is 8.83 Å². The number of benzene rings is 8. The molecule has 0 radical (unpaired) electrons. The van der Waals surface area contributed by atoms with Crippen LogP contribution >= 0.6 is 0 Å². The monoisotopic (exact) mass is 690 g/mol. The van der Waals surface area contributed by atoms with Crippen LogP contribution in [0.1, 0.15) is 0 Å². The molecule has 54 heavy (non-hydrogen) atoms. The molecular weight excluding hydrogens is 661 g/mol. The molecule has 0 aliphatic heterocycles. The zero-order valence-corrected chi connectivity index (χ0v) is 29.0. The molecule has 0 aliphatic rings. The Kier molecular flexibility index (Phi) is 6.82. The predicted octanol–water partition coefficient (Wildman–Crippen LogP) is 13.8. The zero-order valence-electron chi connectivity index (χ0n) is 29.0. The molecule has 3 heterocycles. The highest BCUT2D eigenvalue weighted by Gasteiger charge is 2.16. The van der Waals surface area contributed by atoms with Crippen molar-refractivity contribution >= 4 is 54.5 Å². The molecule has 3 aromatic heterocycles. The lowest BCUT2D eigenvalue weighted by Gasteiger charge is -2.11. The fourth-order valence-electron chi connectivity index (χ4n) is 7.70. The molecule has 252 valence electrons. The van der Waals surface area contributed by atoms with Crippen molar-refractivity contribution in [1.29, 1.82) is 0 Å². The van der Waals surface area contributed by atoms with Crippen LogP contribution in [0, 0.1) is 0 Å². The van der Waals surface area contributed by atoms with Crippen LogP contribution in [-0.2, 0) is 0 Å². The molecule has 0 aliphatic carbocycles. The quantitative estimate of drug-likeness (QED) is 0.180. The summed E-state index contributed by atoms with van der Waals surface area (Å²) < 4.78 is 12.5. The summed E-state index contributed by atoms with van der Waals surface area (Å²) in [5.41, 5.74) is 10.6. The van der Waals surface area contributed by atoms with Crippen LogP contribution in [0.4, 0.5) is 0 Å². The third kappa shape index (κ3) is 5.15. The molecule has 0 amide bonds. The van der Waals surface area contributed by atoms with Gasteiger partial charge in [0.05, 0.1) is 11.4 Å². The van der Waals surface area contributed by atoms with Gasteiger partial charge in [-0.05, 0) is 81.2 Å². The summed E-state index contributed by atoms with van der Waals surface area (Å²) in [5, 5.41) is 8.00. The zero-order chi connectivity index (χ0) is 35.6. The van der Waals surface area contributed by atoms with Gasteiger partial charge in [-0.25, -0.2) is 9.97 Å². The smallest absolute Gasteiger partial charge is 0.160 e. The van der Waals surface area contributed by atoms with Crippen molar-refractivity contribution < 1.29 is 8.83 Å². The summed E-state index contributed by atoms with van der Waals surface area (Å²) in [6.07, 6.45) is 0. The first kappa shape index (κ1) is 30.3. The number of fused-ring (bicyclic) bond motifs is 6. The molecule has 11 aromatic rings. The Morgan fingerprint density at radius 1 is 0.315 bits per heavy atom. The number of rotatable bonds is 5. The summed E-state index contributed by atoms with van der Waals surface area (Å²) >= 11 is 0. The molecule has 0 saturated heterocycles. The van der Waals surface area contributed by atoms with Gasteiger partial charge in [-0.1, -0.05) is 133 Å². The maximum atomic E-state index is 6.33. The van der Waals surface area contributed by atoms with E-state index in [-0.39, 0.29) is 0 Å². The highest BCUT2D eigenvalue weighted by Crippen LogP contribution is 2.37. The van der Waals surface area contributed by atoms with Gasteiger partial charge in [0.1, 0.15) is 22.5 Å². The van der Waals surface area contributed by atoms with Crippen LogP contribution in [0.5, 0.6) is 0 Å². The van der Waals surface area contributed by atoms with E-state index >= 15 is 0 Å². The van der Waals surface area contributed by atoms with Crippen molar-refractivity contribution in [1.82, 2.24) is 9.97 Å². The van der Waals surface area contributed by atoms with Gasteiger partial charge >= 0.3 is 0 Å². The molecule has 0 fully saturated rings. The SMILES string of the molecule is c1ccc2cc3c(cc2c1)oc1ccc(-c2nc(-c4ccc(-c5cc6ccccc6o5)cc4)cc(-c4ccc(-c5cccc6ccccc56)cc4)n2)cc13. The molecule has 11 rings (SSSR count). The number of para-hydroxylation sites is 1. The van der Waals surface area contributed by atoms with Gasteiger partial charge in [0.15, 0.2) is 5.82 Å². The van der Waals surface area contributed by atoms with Crippen molar-refractivity contribution in [2.75, 3.05) is 0 Å². The van der Waals surface area contributed by atoms with Crippen LogP contribution < -0.4 is 0 Å². The molecule has 0 atom stereocenters. The van der Waals surface area contributed by atoms with E-state index in [1.807, 2.05) is 24.3 Å².